The molecule has 5 rings (SSSR count). The molecule has 2 nitrogen and oxygen atoms in total. The van der Waals surface area contributed by atoms with Gasteiger partial charge in [-0.25, -0.2) is 4.39 Å². The summed E-state index contributed by atoms with van der Waals surface area (Å²) < 4.78 is 20.4. The number of hydrogen-bond donors (Lipinski definition) is 1. The van der Waals surface area contributed by atoms with E-state index in [1.54, 1.807) is 12.1 Å². The van der Waals surface area contributed by atoms with Gasteiger partial charge < -0.3 is 10.1 Å². The maximum absolute atomic E-state index is 14.0. The third-order valence-corrected chi connectivity index (χ3v) is 5.52. The Balaban J connectivity index is 1.81. The van der Waals surface area contributed by atoms with Gasteiger partial charge in [0.05, 0.1) is 5.54 Å². The quantitative estimate of drug-likeness (QED) is 0.634. The molecule has 3 heteroatoms. The van der Waals surface area contributed by atoms with Crippen molar-refractivity contribution >= 4 is 11.3 Å². The zero-order valence-corrected chi connectivity index (χ0v) is 15.8. The lowest BCUT2D eigenvalue weighted by atomic mass is 9.80. The minimum absolute atomic E-state index is 0.104. The average molecular weight is 359 g/mol. The summed E-state index contributed by atoms with van der Waals surface area (Å²) in [5.74, 6) is 0.492. The molecule has 27 heavy (non-hydrogen) atoms. The van der Waals surface area contributed by atoms with Crippen LogP contribution in [-0.4, -0.2) is 5.54 Å². The van der Waals surface area contributed by atoms with Crippen molar-refractivity contribution in [3.8, 4) is 16.9 Å². The average Bonchev–Trinajstić information content (AvgIpc) is 3.13. The maximum atomic E-state index is 14.0. The molecule has 1 unspecified atom stereocenters. The van der Waals surface area contributed by atoms with E-state index in [2.05, 4.69) is 62.5 Å². The van der Waals surface area contributed by atoms with Crippen molar-refractivity contribution in [1.82, 2.24) is 0 Å². The van der Waals surface area contributed by atoms with Crippen molar-refractivity contribution in [2.75, 3.05) is 5.32 Å². The van der Waals surface area contributed by atoms with Crippen LogP contribution in [0.2, 0.25) is 0 Å². The first-order valence-electron chi connectivity index (χ1n) is 9.41. The van der Waals surface area contributed by atoms with E-state index in [1.807, 2.05) is 0 Å². The maximum Gasteiger partial charge on any atom is 0.150 e. The Morgan fingerprint density at radius 3 is 2.78 bits per heavy atom. The molecule has 2 aliphatic heterocycles. The Bertz CT molecular complexity index is 1060. The fourth-order valence-electron chi connectivity index (χ4n) is 4.56. The first kappa shape index (κ1) is 16.4. The largest absolute Gasteiger partial charge is 0.480 e. The standard InChI is InChI=1S/C24H22FNO/c1-14-13-24(2,3)26-19-10-9-17-18-12-16(25)8-11-20(18)27-23(22(17)21(14)19)15-6-4-5-7-15/h4,6-13,23,26H,5H2,1-3H3. The molecule has 1 atom stereocenters. The SMILES string of the molecule is CC1=CC(C)(C)Nc2ccc3c(c21)C(C1=CCC=C1)Oc1ccc(F)cc1-3. The fourth-order valence-corrected chi connectivity index (χ4v) is 4.56. The molecule has 0 spiro atoms. The van der Waals surface area contributed by atoms with Crippen molar-refractivity contribution in [1.29, 1.82) is 0 Å². The van der Waals surface area contributed by atoms with Gasteiger partial charge in [-0.2, -0.15) is 0 Å². The number of benzene rings is 2. The number of nitrogens with one attached hydrogen (secondary N) is 1. The van der Waals surface area contributed by atoms with Crippen LogP contribution in [0.3, 0.4) is 0 Å². The summed E-state index contributed by atoms with van der Waals surface area (Å²) in [7, 11) is 0. The Labute approximate surface area is 159 Å². The molecule has 0 fully saturated rings. The van der Waals surface area contributed by atoms with E-state index in [1.165, 1.54) is 17.2 Å². The van der Waals surface area contributed by atoms with Gasteiger partial charge in [0.1, 0.15) is 17.7 Å². The van der Waals surface area contributed by atoms with Crippen molar-refractivity contribution < 1.29 is 9.13 Å². The normalized spacial score (nSPS) is 21.3. The zero-order chi connectivity index (χ0) is 18.8. The third kappa shape index (κ3) is 2.53. The van der Waals surface area contributed by atoms with Gasteiger partial charge in [-0.3, -0.25) is 0 Å². The van der Waals surface area contributed by atoms with E-state index in [9.17, 15) is 4.39 Å². The molecule has 0 amide bonds. The summed E-state index contributed by atoms with van der Waals surface area (Å²) in [5, 5.41) is 3.62. The second-order valence-corrected chi connectivity index (χ2v) is 8.10. The van der Waals surface area contributed by atoms with Crippen molar-refractivity contribution in [2.24, 2.45) is 0 Å². The third-order valence-electron chi connectivity index (χ3n) is 5.52. The van der Waals surface area contributed by atoms with E-state index in [-0.39, 0.29) is 17.5 Å². The van der Waals surface area contributed by atoms with Crippen LogP contribution >= 0.6 is 0 Å². The molecule has 2 aromatic carbocycles. The van der Waals surface area contributed by atoms with Crippen LogP contribution < -0.4 is 10.1 Å². The topological polar surface area (TPSA) is 21.3 Å². The van der Waals surface area contributed by atoms with Gasteiger partial charge in [-0.15, -0.1) is 0 Å². The minimum atomic E-state index is -0.244. The highest BCUT2D eigenvalue weighted by Gasteiger charge is 2.35. The summed E-state index contributed by atoms with van der Waals surface area (Å²) in [5.41, 5.74) is 7.56. The summed E-state index contributed by atoms with van der Waals surface area (Å²) in [6, 6.07) is 9.00. The highest BCUT2D eigenvalue weighted by Crippen LogP contribution is 2.51. The highest BCUT2D eigenvalue weighted by molar-refractivity contribution is 5.90. The van der Waals surface area contributed by atoms with E-state index < -0.39 is 0 Å². The lowest BCUT2D eigenvalue weighted by molar-refractivity contribution is 0.242. The summed E-state index contributed by atoms with van der Waals surface area (Å²) >= 11 is 0. The molecule has 0 saturated heterocycles. The predicted molar refractivity (Wildman–Crippen MR) is 108 cm³/mol. The molecule has 3 aliphatic rings. The van der Waals surface area contributed by atoms with Crippen LogP contribution in [0.1, 0.15) is 44.4 Å². The predicted octanol–water partition coefficient (Wildman–Crippen LogP) is 6.42. The van der Waals surface area contributed by atoms with Crippen molar-refractivity contribution in [2.45, 2.75) is 38.8 Å². The Morgan fingerprint density at radius 1 is 1.15 bits per heavy atom. The summed E-state index contributed by atoms with van der Waals surface area (Å²) in [4.78, 5) is 0. The van der Waals surface area contributed by atoms with Crippen LogP contribution in [0.15, 0.2) is 60.2 Å². The molecule has 0 aromatic heterocycles. The number of fused-ring (bicyclic) bond motifs is 5. The molecule has 0 radical (unpaired) electrons. The molecule has 2 aromatic rings. The van der Waals surface area contributed by atoms with E-state index in [0.29, 0.717) is 0 Å². The van der Waals surface area contributed by atoms with Crippen LogP contribution in [0.4, 0.5) is 10.1 Å². The first-order valence-corrected chi connectivity index (χ1v) is 9.41. The van der Waals surface area contributed by atoms with E-state index in [4.69, 9.17) is 4.74 Å². The highest BCUT2D eigenvalue weighted by atomic mass is 19.1. The smallest absolute Gasteiger partial charge is 0.150 e. The molecule has 0 saturated carbocycles. The van der Waals surface area contributed by atoms with Crippen LogP contribution in [0, 0.1) is 5.82 Å². The van der Waals surface area contributed by atoms with Crippen LogP contribution in [0.25, 0.3) is 16.7 Å². The summed E-state index contributed by atoms with van der Waals surface area (Å²) in [6.07, 6.45) is 9.50. The number of hydrogen-bond acceptors (Lipinski definition) is 2. The molecule has 1 N–H and O–H groups in total. The van der Waals surface area contributed by atoms with Crippen LogP contribution in [0.5, 0.6) is 5.75 Å². The Hall–Kier alpha value is -2.81. The van der Waals surface area contributed by atoms with Gasteiger partial charge in [0, 0.05) is 22.4 Å². The van der Waals surface area contributed by atoms with E-state index >= 15 is 0 Å². The Kier molecular flexibility index (Phi) is 3.39. The van der Waals surface area contributed by atoms with Gasteiger partial charge in [0.25, 0.3) is 0 Å². The summed E-state index contributed by atoms with van der Waals surface area (Å²) in [6.45, 7) is 6.48. The number of rotatable bonds is 1. The lowest BCUT2D eigenvalue weighted by Gasteiger charge is -2.37. The lowest BCUT2D eigenvalue weighted by Crippen LogP contribution is -2.32. The van der Waals surface area contributed by atoms with Gasteiger partial charge in [0.2, 0.25) is 0 Å². The van der Waals surface area contributed by atoms with E-state index in [0.717, 1.165) is 40.1 Å². The van der Waals surface area contributed by atoms with Gasteiger partial charge in [0.15, 0.2) is 0 Å². The molecule has 1 aliphatic carbocycles. The Morgan fingerprint density at radius 2 is 2.00 bits per heavy atom. The fraction of sp³-hybridized carbons (Fsp3) is 0.250. The van der Waals surface area contributed by atoms with Crippen LogP contribution in [-0.2, 0) is 0 Å². The molecule has 2 heterocycles. The molecular formula is C24H22FNO. The number of allylic oxidation sites excluding steroid dienone is 3. The van der Waals surface area contributed by atoms with Crippen molar-refractivity contribution in [3.05, 3.63) is 77.2 Å². The minimum Gasteiger partial charge on any atom is -0.480 e. The first-order chi connectivity index (χ1) is 12.9. The zero-order valence-electron chi connectivity index (χ0n) is 15.8. The van der Waals surface area contributed by atoms with Gasteiger partial charge >= 0.3 is 0 Å². The molecular weight excluding hydrogens is 337 g/mol. The monoisotopic (exact) mass is 359 g/mol. The number of anilines is 1. The van der Waals surface area contributed by atoms with Gasteiger partial charge in [-0.1, -0.05) is 30.4 Å². The second kappa shape index (κ2) is 5.59. The van der Waals surface area contributed by atoms with Gasteiger partial charge in [-0.05, 0) is 68.2 Å². The van der Waals surface area contributed by atoms with Crippen molar-refractivity contribution in [3.63, 3.8) is 0 Å². The second-order valence-electron chi connectivity index (χ2n) is 8.10. The molecule has 0 bridgehead atoms. The molecule has 136 valence electrons. The number of halogens is 1. The number of ether oxygens (including phenoxy) is 1.